The fourth-order valence-corrected chi connectivity index (χ4v) is 7.11. The smallest absolute Gasteiger partial charge is 0.327 e. The lowest BCUT2D eigenvalue weighted by atomic mass is 9.62. The average Bonchev–Trinajstić information content (AvgIpc) is 3.71. The summed E-state index contributed by atoms with van der Waals surface area (Å²) in [6.45, 7) is -0.713. The van der Waals surface area contributed by atoms with E-state index in [2.05, 4.69) is 10.6 Å². The van der Waals surface area contributed by atoms with E-state index in [4.69, 9.17) is 33.6 Å². The minimum atomic E-state index is -1.56. The van der Waals surface area contributed by atoms with Crippen molar-refractivity contribution < 1.29 is 68.4 Å². The first-order valence-corrected chi connectivity index (χ1v) is 15.9. The molecule has 17 heteroatoms. The zero-order valence-electron chi connectivity index (χ0n) is 26.0. The summed E-state index contributed by atoms with van der Waals surface area (Å²) in [6, 6.07) is 6.15. The van der Waals surface area contributed by atoms with Crippen molar-refractivity contribution in [1.29, 1.82) is 0 Å². The van der Waals surface area contributed by atoms with Crippen molar-refractivity contribution in [2.75, 3.05) is 39.7 Å². The maximum absolute atomic E-state index is 14.0. The number of carbonyl (C=O) groups is 3. The van der Waals surface area contributed by atoms with E-state index in [1.807, 2.05) is 24.3 Å². The molecule has 1 aromatic carbocycles. The number of carbonyl (C=O) groups excluding carboxylic acids is 3. The number of esters is 1. The third kappa shape index (κ3) is 6.48. The Morgan fingerprint density at radius 3 is 2.62 bits per heavy atom. The van der Waals surface area contributed by atoms with Gasteiger partial charge in [0.15, 0.2) is 12.3 Å². The number of rotatable bonds is 13. The number of amides is 2. The average molecular weight is 680 g/mol. The molecular weight excluding hydrogens is 638 g/mol. The summed E-state index contributed by atoms with van der Waals surface area (Å²) in [5.41, 5.74) is 0.0630. The van der Waals surface area contributed by atoms with Gasteiger partial charge in [0.05, 0.1) is 26.4 Å². The molecule has 6 rings (SSSR count). The monoisotopic (exact) mass is 679 g/mol. The van der Waals surface area contributed by atoms with Crippen LogP contribution in [-0.4, -0.2) is 149 Å². The molecule has 5 fully saturated rings. The molecule has 7 N–H and O–H groups in total. The second-order valence-corrected chi connectivity index (χ2v) is 12.3. The van der Waals surface area contributed by atoms with Gasteiger partial charge in [0, 0.05) is 25.9 Å². The van der Waals surface area contributed by atoms with E-state index in [9.17, 15) is 34.8 Å². The number of hydroxylamine groups is 2. The highest BCUT2D eigenvalue weighted by molar-refractivity contribution is 5.93. The van der Waals surface area contributed by atoms with Gasteiger partial charge in [-0.2, -0.15) is 5.06 Å². The van der Waals surface area contributed by atoms with Crippen LogP contribution in [0, 0.1) is 5.41 Å². The summed E-state index contributed by atoms with van der Waals surface area (Å²) in [6.07, 6.45) is -6.37. The fourth-order valence-electron chi connectivity index (χ4n) is 7.11. The first kappa shape index (κ1) is 34.8. The zero-order chi connectivity index (χ0) is 34.0. The van der Waals surface area contributed by atoms with E-state index in [-0.39, 0.29) is 58.4 Å². The molecule has 0 spiro atoms. The molecular formula is C31H41N3O14. The van der Waals surface area contributed by atoms with Crippen LogP contribution in [0.5, 0.6) is 0 Å². The lowest BCUT2D eigenvalue weighted by Crippen LogP contribution is -2.69. The van der Waals surface area contributed by atoms with Crippen LogP contribution >= 0.6 is 0 Å². The predicted octanol–water partition coefficient (Wildman–Crippen LogP) is -3.33. The van der Waals surface area contributed by atoms with Gasteiger partial charge in [-0.1, -0.05) is 36.4 Å². The molecule has 0 radical (unpaired) electrons. The van der Waals surface area contributed by atoms with E-state index in [0.29, 0.717) is 0 Å². The molecule has 11 unspecified atom stereocenters. The van der Waals surface area contributed by atoms with Crippen molar-refractivity contribution in [3.63, 3.8) is 0 Å². The van der Waals surface area contributed by atoms with E-state index >= 15 is 0 Å². The normalized spacial score (nSPS) is 37.3. The van der Waals surface area contributed by atoms with Gasteiger partial charge in [-0.15, -0.1) is 0 Å². The van der Waals surface area contributed by atoms with E-state index in [0.717, 1.165) is 11.1 Å². The number of aliphatic hydroxyl groups excluding tert-OH is 5. The lowest BCUT2D eigenvalue weighted by molar-refractivity contribution is -0.298. The summed E-state index contributed by atoms with van der Waals surface area (Å²) >= 11 is 0. The molecule has 4 saturated heterocycles. The van der Waals surface area contributed by atoms with E-state index < -0.39 is 85.1 Å². The summed E-state index contributed by atoms with van der Waals surface area (Å²) in [5, 5.41) is 55.3. The first-order valence-electron chi connectivity index (χ1n) is 15.9. The number of fused-ring (bicyclic) bond motifs is 4. The Bertz CT molecular complexity index is 1360. The van der Waals surface area contributed by atoms with Crippen molar-refractivity contribution >= 4 is 23.9 Å². The van der Waals surface area contributed by atoms with Crippen LogP contribution < -0.4 is 10.6 Å². The van der Waals surface area contributed by atoms with Crippen LogP contribution in [0.1, 0.15) is 24.0 Å². The molecule has 1 aromatic rings. The Kier molecular flexibility index (Phi) is 10.7. The molecule has 5 aliphatic rings. The Morgan fingerprint density at radius 2 is 1.83 bits per heavy atom. The number of nitrogens with one attached hydrogen (secondary N) is 2. The van der Waals surface area contributed by atoms with Gasteiger partial charge in [-0.3, -0.25) is 19.2 Å². The predicted molar refractivity (Wildman–Crippen MR) is 159 cm³/mol. The highest BCUT2D eigenvalue weighted by Crippen LogP contribution is 2.55. The molecule has 17 nitrogen and oxygen atoms in total. The number of hydrogen-bond acceptors (Lipinski definition) is 15. The van der Waals surface area contributed by atoms with Gasteiger partial charge in [0.1, 0.15) is 61.0 Å². The molecule has 0 aromatic heterocycles. The van der Waals surface area contributed by atoms with Crippen molar-refractivity contribution in [1.82, 2.24) is 15.7 Å². The first-order chi connectivity index (χ1) is 23.2. The van der Waals surface area contributed by atoms with Crippen LogP contribution in [0.3, 0.4) is 0 Å². The number of ether oxygens (including phenoxy) is 5. The molecule has 4 heterocycles. The standard InChI is InChI=1S/C31H41N3O14/c35-10-9-32-20(37)7-8-33-30(42)31-12-18-24-25(45-15-44-24)27(31)48-34(26(31)28(41)46-18)13-17-5-2-1-4-16(17)6-3-11-43-29-23(40)22(39)21(38)19(14-36)47-29/h1-6,18-19,21-27,29,35-36,38-40H,7-15H2,(H,32,37)(H,33,42). The Hall–Kier alpha value is -3.07. The van der Waals surface area contributed by atoms with Crippen LogP contribution in [-0.2, 0) is 49.5 Å². The SMILES string of the molecule is O=C(CCNC(=O)C12CC3OC(=O)C1N(Cc1ccccc1C=CCOC1OC(CO)C(O)C(O)C1O)OC2C1OCOC31)NCCO. The Morgan fingerprint density at radius 1 is 1.04 bits per heavy atom. The Balaban J connectivity index is 1.17. The van der Waals surface area contributed by atoms with Gasteiger partial charge < -0.3 is 59.9 Å². The van der Waals surface area contributed by atoms with Crippen molar-refractivity contribution in [3.05, 3.63) is 41.5 Å². The fraction of sp³-hybridized carbons (Fsp3) is 0.645. The summed E-state index contributed by atoms with van der Waals surface area (Å²) in [5.74, 6) is -1.45. The summed E-state index contributed by atoms with van der Waals surface area (Å²) in [4.78, 5) is 46.1. The van der Waals surface area contributed by atoms with Crippen LogP contribution in [0.4, 0.5) is 0 Å². The van der Waals surface area contributed by atoms with Crippen LogP contribution in [0.2, 0.25) is 0 Å². The minimum Gasteiger partial charge on any atom is -0.458 e. The zero-order valence-corrected chi connectivity index (χ0v) is 26.0. The van der Waals surface area contributed by atoms with Gasteiger partial charge in [-0.05, 0) is 11.1 Å². The molecule has 1 aliphatic carbocycles. The van der Waals surface area contributed by atoms with E-state index in [1.54, 1.807) is 12.2 Å². The molecule has 2 bridgehead atoms. The third-order valence-electron chi connectivity index (χ3n) is 9.45. The van der Waals surface area contributed by atoms with Gasteiger partial charge in [0.25, 0.3) is 0 Å². The van der Waals surface area contributed by atoms with Gasteiger partial charge >= 0.3 is 5.97 Å². The van der Waals surface area contributed by atoms with Gasteiger partial charge in [-0.25, -0.2) is 0 Å². The molecule has 1 saturated carbocycles. The highest BCUT2D eigenvalue weighted by atomic mass is 16.8. The topological polar surface area (TPSA) is 235 Å². The summed E-state index contributed by atoms with van der Waals surface area (Å²) in [7, 11) is 0. The third-order valence-corrected chi connectivity index (χ3v) is 9.45. The second-order valence-electron chi connectivity index (χ2n) is 12.3. The number of hydrogen-bond donors (Lipinski definition) is 7. The largest absolute Gasteiger partial charge is 0.458 e. The Labute approximate surface area is 275 Å². The number of aliphatic hydroxyl groups is 5. The molecule has 11 atom stereocenters. The van der Waals surface area contributed by atoms with Crippen molar-refractivity contribution in [2.24, 2.45) is 5.41 Å². The highest BCUT2D eigenvalue weighted by Gasteiger charge is 2.74. The molecule has 4 aliphatic heterocycles. The molecule has 2 amide bonds. The molecule has 48 heavy (non-hydrogen) atoms. The maximum Gasteiger partial charge on any atom is 0.327 e. The van der Waals surface area contributed by atoms with Crippen molar-refractivity contribution in [2.45, 2.75) is 80.5 Å². The van der Waals surface area contributed by atoms with Crippen LogP contribution in [0.25, 0.3) is 6.08 Å². The van der Waals surface area contributed by atoms with Gasteiger partial charge in [0.2, 0.25) is 11.8 Å². The number of benzene rings is 1. The maximum atomic E-state index is 14.0. The quantitative estimate of drug-likeness (QED) is 0.101. The lowest BCUT2D eigenvalue weighted by Gasteiger charge is -2.48. The molecule has 264 valence electrons. The van der Waals surface area contributed by atoms with E-state index in [1.165, 1.54) is 5.06 Å². The minimum absolute atomic E-state index is 0.00126. The van der Waals surface area contributed by atoms with Crippen LogP contribution in [0.15, 0.2) is 30.3 Å². The number of nitrogens with zero attached hydrogens (tertiary/aromatic N) is 1. The second kappa shape index (κ2) is 14.8. The summed E-state index contributed by atoms with van der Waals surface area (Å²) < 4.78 is 28.3. The van der Waals surface area contributed by atoms with Crippen molar-refractivity contribution in [3.8, 4) is 0 Å².